The van der Waals surface area contributed by atoms with Gasteiger partial charge in [-0.1, -0.05) is 23.4 Å². The topological polar surface area (TPSA) is 84.2 Å². The third-order valence-electron chi connectivity index (χ3n) is 6.20. The number of nitrogens with zero attached hydrogens (tertiary/aromatic N) is 3. The molecule has 2 aromatic heterocycles. The maximum Gasteiger partial charge on any atom is 0.276 e. The molecular weight excluding hydrogens is 392 g/mol. The van der Waals surface area contributed by atoms with Gasteiger partial charge in [-0.2, -0.15) is 5.10 Å². The van der Waals surface area contributed by atoms with Gasteiger partial charge in [-0.15, -0.1) is 0 Å². The minimum absolute atomic E-state index is 0.0637. The number of carbonyl (C=O) groups excluding carboxylic acids is 1. The summed E-state index contributed by atoms with van der Waals surface area (Å²) in [5.41, 5.74) is 5.40. The van der Waals surface area contributed by atoms with Crippen molar-refractivity contribution in [3.05, 3.63) is 63.8 Å². The first-order valence-corrected chi connectivity index (χ1v) is 10.9. The number of piperidine rings is 1. The first-order valence-electron chi connectivity index (χ1n) is 10.9. The predicted molar refractivity (Wildman–Crippen MR) is 117 cm³/mol. The fourth-order valence-electron chi connectivity index (χ4n) is 4.24. The molecule has 0 aliphatic carbocycles. The van der Waals surface area contributed by atoms with E-state index < -0.39 is 0 Å². The molecule has 0 saturated carbocycles. The summed E-state index contributed by atoms with van der Waals surface area (Å²) in [6.45, 7) is 9.86. The third-order valence-corrected chi connectivity index (χ3v) is 6.20. The highest BCUT2D eigenvalue weighted by atomic mass is 16.5. The number of ether oxygens (including phenoxy) is 1. The van der Waals surface area contributed by atoms with Gasteiger partial charge in [0.15, 0.2) is 5.69 Å². The Bertz CT molecular complexity index is 1050. The molecule has 7 nitrogen and oxygen atoms in total. The van der Waals surface area contributed by atoms with Crippen LogP contribution in [0, 0.1) is 33.6 Å². The van der Waals surface area contributed by atoms with Crippen LogP contribution >= 0.6 is 0 Å². The van der Waals surface area contributed by atoms with Crippen molar-refractivity contribution in [1.82, 2.24) is 20.3 Å². The van der Waals surface area contributed by atoms with Crippen molar-refractivity contribution in [3.8, 4) is 5.75 Å². The zero-order chi connectivity index (χ0) is 22.0. The van der Waals surface area contributed by atoms with E-state index in [2.05, 4.69) is 15.4 Å². The molecule has 1 amide bonds. The van der Waals surface area contributed by atoms with Crippen LogP contribution < -0.4 is 4.74 Å². The lowest BCUT2D eigenvalue weighted by Gasteiger charge is -2.32. The number of aromatic amines is 1. The standard InChI is InChI=1S/C24H30N4O3/c1-15-8-5-6-10-22(15)30-14-19-9-7-11-28(13-19)24(29)23-21(18(4)31-27-23)12-20-16(2)25-26-17(20)3/h5-6,8,10,19H,7,9,11-14H2,1-4H3,(H,25,26)/t19-/m0/s1. The predicted octanol–water partition coefficient (Wildman–Crippen LogP) is 4.15. The number of hydrogen-bond donors (Lipinski definition) is 1. The molecule has 4 rings (SSSR count). The summed E-state index contributed by atoms with van der Waals surface area (Å²) in [5, 5.41) is 11.4. The lowest BCUT2D eigenvalue weighted by molar-refractivity contribution is 0.0622. The Morgan fingerprint density at radius 1 is 1.23 bits per heavy atom. The summed E-state index contributed by atoms with van der Waals surface area (Å²) >= 11 is 0. The van der Waals surface area contributed by atoms with Gasteiger partial charge < -0.3 is 14.2 Å². The summed E-state index contributed by atoms with van der Waals surface area (Å²) in [4.78, 5) is 15.2. The monoisotopic (exact) mass is 422 g/mol. The largest absolute Gasteiger partial charge is 0.493 e. The van der Waals surface area contributed by atoms with Gasteiger partial charge in [0.25, 0.3) is 5.91 Å². The molecule has 0 unspecified atom stereocenters. The summed E-state index contributed by atoms with van der Waals surface area (Å²) in [7, 11) is 0. The molecule has 0 bridgehead atoms. The van der Waals surface area contributed by atoms with Crippen molar-refractivity contribution in [2.24, 2.45) is 5.92 Å². The number of benzene rings is 1. The number of amides is 1. The molecule has 0 radical (unpaired) electrons. The van der Waals surface area contributed by atoms with E-state index in [9.17, 15) is 4.79 Å². The molecule has 1 aliphatic rings. The van der Waals surface area contributed by atoms with Crippen molar-refractivity contribution in [2.75, 3.05) is 19.7 Å². The number of nitrogens with one attached hydrogen (secondary N) is 1. The summed E-state index contributed by atoms with van der Waals surface area (Å²) in [6, 6.07) is 8.03. The fourth-order valence-corrected chi connectivity index (χ4v) is 4.24. The second-order valence-electron chi connectivity index (χ2n) is 8.49. The number of para-hydroxylation sites is 1. The Kier molecular flexibility index (Phi) is 6.11. The average Bonchev–Trinajstić information content (AvgIpc) is 3.30. The Morgan fingerprint density at radius 3 is 2.77 bits per heavy atom. The average molecular weight is 423 g/mol. The Morgan fingerprint density at radius 2 is 2.03 bits per heavy atom. The summed E-state index contributed by atoms with van der Waals surface area (Å²) in [5.74, 6) is 1.82. The molecule has 1 N–H and O–H groups in total. The lowest BCUT2D eigenvalue weighted by atomic mass is 9.97. The molecule has 1 aromatic carbocycles. The summed E-state index contributed by atoms with van der Waals surface area (Å²) in [6.07, 6.45) is 2.59. The number of likely N-dealkylation sites (tertiary alicyclic amines) is 1. The van der Waals surface area contributed by atoms with E-state index in [0.29, 0.717) is 36.9 Å². The van der Waals surface area contributed by atoms with E-state index in [1.807, 2.05) is 56.9 Å². The molecule has 1 fully saturated rings. The van der Waals surface area contributed by atoms with E-state index in [0.717, 1.165) is 53.2 Å². The van der Waals surface area contributed by atoms with Gasteiger partial charge in [-0.3, -0.25) is 9.89 Å². The molecule has 164 valence electrons. The maximum absolute atomic E-state index is 13.3. The normalized spacial score (nSPS) is 16.5. The molecule has 3 heterocycles. The van der Waals surface area contributed by atoms with Crippen LogP contribution in [0.3, 0.4) is 0 Å². The van der Waals surface area contributed by atoms with Crippen molar-refractivity contribution in [3.63, 3.8) is 0 Å². The molecule has 1 aliphatic heterocycles. The third kappa shape index (κ3) is 4.50. The zero-order valence-corrected chi connectivity index (χ0v) is 18.7. The molecule has 0 spiro atoms. The Balaban J connectivity index is 1.45. The van der Waals surface area contributed by atoms with Crippen LogP contribution in [0.5, 0.6) is 5.75 Å². The van der Waals surface area contributed by atoms with Crippen molar-refractivity contribution in [1.29, 1.82) is 0 Å². The van der Waals surface area contributed by atoms with Gasteiger partial charge in [-0.05, 0) is 52.2 Å². The number of aryl methyl sites for hydroxylation is 4. The van der Waals surface area contributed by atoms with Gasteiger partial charge in [-0.25, -0.2) is 0 Å². The van der Waals surface area contributed by atoms with Gasteiger partial charge in [0.2, 0.25) is 0 Å². The number of carbonyl (C=O) groups is 1. The van der Waals surface area contributed by atoms with E-state index in [-0.39, 0.29) is 5.91 Å². The molecule has 7 heteroatoms. The second-order valence-corrected chi connectivity index (χ2v) is 8.49. The highest BCUT2D eigenvalue weighted by Crippen LogP contribution is 2.25. The first kappa shape index (κ1) is 21.2. The van der Waals surface area contributed by atoms with Crippen molar-refractivity contribution >= 4 is 5.91 Å². The summed E-state index contributed by atoms with van der Waals surface area (Å²) < 4.78 is 11.5. The quantitative estimate of drug-likeness (QED) is 0.645. The zero-order valence-electron chi connectivity index (χ0n) is 18.7. The maximum atomic E-state index is 13.3. The number of aromatic nitrogens is 3. The van der Waals surface area contributed by atoms with Crippen LogP contribution in [0.25, 0.3) is 0 Å². The number of H-pyrrole nitrogens is 1. The fraction of sp³-hybridized carbons (Fsp3) is 0.458. The minimum atomic E-state index is -0.0637. The number of hydrogen-bond acceptors (Lipinski definition) is 5. The van der Waals surface area contributed by atoms with E-state index in [1.54, 1.807) is 0 Å². The molecule has 31 heavy (non-hydrogen) atoms. The Hall–Kier alpha value is -3.09. The molecule has 1 saturated heterocycles. The molecular formula is C24H30N4O3. The molecule has 3 aromatic rings. The smallest absolute Gasteiger partial charge is 0.276 e. The van der Waals surface area contributed by atoms with Crippen LogP contribution in [-0.4, -0.2) is 45.9 Å². The van der Waals surface area contributed by atoms with Crippen LogP contribution in [0.1, 0.15) is 57.2 Å². The van der Waals surface area contributed by atoms with Crippen LogP contribution in [0.2, 0.25) is 0 Å². The first-order chi connectivity index (χ1) is 14.9. The number of rotatable bonds is 6. The highest BCUT2D eigenvalue weighted by Gasteiger charge is 2.30. The van der Waals surface area contributed by atoms with E-state index in [4.69, 9.17) is 9.26 Å². The van der Waals surface area contributed by atoms with Crippen molar-refractivity contribution in [2.45, 2.75) is 47.0 Å². The SMILES string of the molecule is Cc1ccccc1OC[C@H]1CCCN(C(=O)c2noc(C)c2Cc2c(C)n[nH]c2C)C1. The van der Waals surface area contributed by atoms with Crippen LogP contribution in [0.15, 0.2) is 28.8 Å². The molecule has 1 atom stereocenters. The van der Waals surface area contributed by atoms with Crippen LogP contribution in [-0.2, 0) is 6.42 Å². The van der Waals surface area contributed by atoms with Gasteiger partial charge in [0.05, 0.1) is 12.3 Å². The minimum Gasteiger partial charge on any atom is -0.493 e. The van der Waals surface area contributed by atoms with E-state index >= 15 is 0 Å². The van der Waals surface area contributed by atoms with E-state index in [1.165, 1.54) is 0 Å². The van der Waals surface area contributed by atoms with Crippen LogP contribution in [0.4, 0.5) is 0 Å². The second kappa shape index (κ2) is 8.96. The van der Waals surface area contributed by atoms with Gasteiger partial charge in [0, 0.05) is 42.2 Å². The van der Waals surface area contributed by atoms with Gasteiger partial charge >= 0.3 is 0 Å². The Labute approximate surface area is 182 Å². The van der Waals surface area contributed by atoms with Crippen molar-refractivity contribution < 1.29 is 14.1 Å². The van der Waals surface area contributed by atoms with Gasteiger partial charge in [0.1, 0.15) is 11.5 Å². The highest BCUT2D eigenvalue weighted by molar-refractivity contribution is 5.94. The lowest BCUT2D eigenvalue weighted by Crippen LogP contribution is -2.42.